The molecule has 0 saturated carbocycles. The van der Waals surface area contributed by atoms with Crippen LogP contribution in [0.15, 0.2) is 48.8 Å². The Hall–Kier alpha value is -2.16. The van der Waals surface area contributed by atoms with E-state index in [0.29, 0.717) is 19.3 Å². The van der Waals surface area contributed by atoms with Crippen LogP contribution >= 0.6 is 0 Å². The Morgan fingerprint density at radius 1 is 1.20 bits per heavy atom. The number of carbonyl (C=O) groups is 1. The number of hydrogen-bond acceptors (Lipinski definition) is 2. The van der Waals surface area contributed by atoms with E-state index in [1.807, 2.05) is 24.3 Å². The van der Waals surface area contributed by atoms with E-state index in [4.69, 9.17) is 0 Å². The van der Waals surface area contributed by atoms with Crippen molar-refractivity contribution in [1.82, 2.24) is 4.98 Å². The third kappa shape index (κ3) is 2.31. The van der Waals surface area contributed by atoms with Gasteiger partial charge in [0.15, 0.2) is 0 Å². The van der Waals surface area contributed by atoms with E-state index in [1.54, 1.807) is 12.4 Å². The lowest BCUT2D eigenvalue weighted by Crippen LogP contribution is -2.39. The van der Waals surface area contributed by atoms with E-state index in [2.05, 4.69) is 17.1 Å². The molecule has 1 unspecified atom stereocenters. The van der Waals surface area contributed by atoms with Crippen LogP contribution in [0.1, 0.15) is 23.1 Å². The van der Waals surface area contributed by atoms with E-state index in [-0.39, 0.29) is 0 Å². The number of carboxylic acids is 1. The van der Waals surface area contributed by atoms with Crippen molar-refractivity contribution in [2.24, 2.45) is 5.41 Å². The van der Waals surface area contributed by atoms with E-state index in [1.165, 1.54) is 11.1 Å². The second kappa shape index (κ2) is 5.08. The number of carboxylic acid groups (broad SMARTS) is 1. The molecular weight excluding hydrogens is 250 g/mol. The molecule has 1 heterocycles. The van der Waals surface area contributed by atoms with Crippen molar-refractivity contribution < 1.29 is 9.90 Å². The van der Waals surface area contributed by atoms with Gasteiger partial charge < -0.3 is 5.11 Å². The van der Waals surface area contributed by atoms with Crippen molar-refractivity contribution in [2.75, 3.05) is 0 Å². The van der Waals surface area contributed by atoms with Crippen molar-refractivity contribution in [3.05, 3.63) is 65.5 Å². The summed E-state index contributed by atoms with van der Waals surface area (Å²) in [6.07, 6.45) is 6.16. The number of hydrogen-bond donors (Lipinski definition) is 1. The van der Waals surface area contributed by atoms with Crippen LogP contribution < -0.4 is 0 Å². The van der Waals surface area contributed by atoms with Crippen molar-refractivity contribution in [3.63, 3.8) is 0 Å². The van der Waals surface area contributed by atoms with Crippen LogP contribution in [0.5, 0.6) is 0 Å². The molecule has 1 aromatic heterocycles. The Kier molecular flexibility index (Phi) is 3.26. The van der Waals surface area contributed by atoms with E-state index in [0.717, 1.165) is 12.0 Å². The average Bonchev–Trinajstić information content (AvgIpc) is 2.48. The highest BCUT2D eigenvalue weighted by molar-refractivity contribution is 5.76. The van der Waals surface area contributed by atoms with Crippen LogP contribution in [-0.2, 0) is 24.1 Å². The molecule has 0 fully saturated rings. The first-order chi connectivity index (χ1) is 9.70. The Morgan fingerprint density at radius 3 is 2.70 bits per heavy atom. The third-order valence-corrected chi connectivity index (χ3v) is 4.24. The van der Waals surface area contributed by atoms with Gasteiger partial charge in [-0.15, -0.1) is 0 Å². The number of aryl methyl sites for hydroxylation is 1. The summed E-state index contributed by atoms with van der Waals surface area (Å²) in [7, 11) is 0. The number of fused-ring (bicyclic) bond motifs is 1. The van der Waals surface area contributed by atoms with Gasteiger partial charge in [0.05, 0.1) is 5.41 Å². The zero-order valence-electron chi connectivity index (χ0n) is 11.2. The second-order valence-corrected chi connectivity index (χ2v) is 5.57. The normalized spacial score (nSPS) is 21.2. The topological polar surface area (TPSA) is 50.2 Å². The fourth-order valence-corrected chi connectivity index (χ4v) is 3.10. The molecule has 1 N–H and O–H groups in total. The minimum absolute atomic E-state index is 0.546. The highest BCUT2D eigenvalue weighted by Gasteiger charge is 2.41. The number of benzene rings is 1. The molecule has 1 aliphatic carbocycles. The van der Waals surface area contributed by atoms with Gasteiger partial charge in [-0.3, -0.25) is 9.78 Å². The molecule has 3 nitrogen and oxygen atoms in total. The standard InChI is InChI=1S/C17H17NO2/c19-16(20)17(10-13-4-3-9-18-12-13)8-7-14-5-1-2-6-15(14)11-17/h1-6,9,12H,7-8,10-11H2,(H,19,20). The SMILES string of the molecule is O=C(O)C1(Cc2cccnc2)CCc2ccccc2C1. The summed E-state index contributed by atoms with van der Waals surface area (Å²) in [5.41, 5.74) is 2.76. The molecule has 3 heteroatoms. The van der Waals surface area contributed by atoms with E-state index in [9.17, 15) is 9.90 Å². The van der Waals surface area contributed by atoms with Crippen molar-refractivity contribution in [1.29, 1.82) is 0 Å². The zero-order chi connectivity index (χ0) is 14.0. The smallest absolute Gasteiger partial charge is 0.310 e. The summed E-state index contributed by atoms with van der Waals surface area (Å²) in [5.74, 6) is -0.698. The lowest BCUT2D eigenvalue weighted by molar-refractivity contribution is -0.149. The second-order valence-electron chi connectivity index (χ2n) is 5.57. The van der Waals surface area contributed by atoms with Crippen molar-refractivity contribution >= 4 is 5.97 Å². The predicted molar refractivity (Wildman–Crippen MR) is 76.5 cm³/mol. The summed E-state index contributed by atoms with van der Waals surface area (Å²) in [5, 5.41) is 9.76. The molecule has 20 heavy (non-hydrogen) atoms. The van der Waals surface area contributed by atoms with Gasteiger partial charge in [0.2, 0.25) is 0 Å². The molecule has 1 aliphatic rings. The fourth-order valence-electron chi connectivity index (χ4n) is 3.10. The van der Waals surface area contributed by atoms with Crippen LogP contribution in [0, 0.1) is 5.41 Å². The highest BCUT2D eigenvalue weighted by atomic mass is 16.4. The molecule has 102 valence electrons. The van der Waals surface area contributed by atoms with Gasteiger partial charge in [-0.05, 0) is 48.4 Å². The summed E-state index contributed by atoms with van der Waals surface area (Å²) in [6.45, 7) is 0. The Labute approximate surface area is 118 Å². The first-order valence-electron chi connectivity index (χ1n) is 6.89. The first-order valence-corrected chi connectivity index (χ1v) is 6.89. The number of rotatable bonds is 3. The Balaban J connectivity index is 1.93. The number of aliphatic carboxylic acids is 1. The van der Waals surface area contributed by atoms with Gasteiger partial charge >= 0.3 is 5.97 Å². The molecule has 3 rings (SSSR count). The molecule has 0 saturated heterocycles. The lowest BCUT2D eigenvalue weighted by atomic mass is 9.68. The number of aromatic nitrogens is 1. The van der Waals surface area contributed by atoms with Crippen LogP contribution in [0.2, 0.25) is 0 Å². The molecule has 1 aromatic carbocycles. The van der Waals surface area contributed by atoms with Gasteiger partial charge in [-0.1, -0.05) is 30.3 Å². The van der Waals surface area contributed by atoms with Gasteiger partial charge in [0.25, 0.3) is 0 Å². The highest BCUT2D eigenvalue weighted by Crippen LogP contribution is 2.38. The molecule has 0 radical (unpaired) electrons. The average molecular weight is 267 g/mol. The Bertz CT molecular complexity index is 624. The van der Waals surface area contributed by atoms with E-state index >= 15 is 0 Å². The molecular formula is C17H17NO2. The monoisotopic (exact) mass is 267 g/mol. The summed E-state index contributed by atoms with van der Waals surface area (Å²) in [4.78, 5) is 16.0. The van der Waals surface area contributed by atoms with Crippen molar-refractivity contribution in [3.8, 4) is 0 Å². The molecule has 1 atom stereocenters. The molecule has 0 amide bonds. The first kappa shape index (κ1) is 12.9. The van der Waals surface area contributed by atoms with Crippen LogP contribution in [0.3, 0.4) is 0 Å². The molecule has 0 aliphatic heterocycles. The maximum absolute atomic E-state index is 11.9. The minimum Gasteiger partial charge on any atom is -0.481 e. The molecule has 2 aromatic rings. The number of pyridine rings is 1. The minimum atomic E-state index is -0.698. The summed E-state index contributed by atoms with van der Waals surface area (Å²) in [6, 6.07) is 12.0. The predicted octanol–water partition coefficient (Wildman–Crippen LogP) is 2.88. The van der Waals surface area contributed by atoms with Crippen LogP contribution in [0.25, 0.3) is 0 Å². The van der Waals surface area contributed by atoms with Crippen molar-refractivity contribution in [2.45, 2.75) is 25.7 Å². The molecule has 0 spiro atoms. The van der Waals surface area contributed by atoms with Gasteiger partial charge in [-0.25, -0.2) is 0 Å². The fraction of sp³-hybridized carbons (Fsp3) is 0.294. The third-order valence-electron chi connectivity index (χ3n) is 4.24. The van der Waals surface area contributed by atoms with Crippen LogP contribution in [0.4, 0.5) is 0 Å². The van der Waals surface area contributed by atoms with E-state index < -0.39 is 11.4 Å². The summed E-state index contributed by atoms with van der Waals surface area (Å²) < 4.78 is 0. The largest absolute Gasteiger partial charge is 0.481 e. The van der Waals surface area contributed by atoms with Gasteiger partial charge in [-0.2, -0.15) is 0 Å². The zero-order valence-corrected chi connectivity index (χ0v) is 11.2. The Morgan fingerprint density at radius 2 is 2.00 bits per heavy atom. The van der Waals surface area contributed by atoms with Crippen LogP contribution in [-0.4, -0.2) is 16.1 Å². The lowest BCUT2D eigenvalue weighted by Gasteiger charge is -2.34. The van der Waals surface area contributed by atoms with Gasteiger partial charge in [0, 0.05) is 12.4 Å². The summed E-state index contributed by atoms with van der Waals surface area (Å²) >= 11 is 0. The van der Waals surface area contributed by atoms with Gasteiger partial charge in [0.1, 0.15) is 0 Å². The maximum atomic E-state index is 11.9. The molecule has 0 bridgehead atoms. The quantitative estimate of drug-likeness (QED) is 0.930. The number of nitrogens with zero attached hydrogens (tertiary/aromatic N) is 1. The maximum Gasteiger partial charge on any atom is 0.310 e.